The number of benzene rings is 1. The Morgan fingerprint density at radius 3 is 2.21 bits per heavy atom. The van der Waals surface area contributed by atoms with E-state index < -0.39 is 0 Å². The Kier molecular flexibility index (Phi) is 4.19. The van der Waals surface area contributed by atoms with E-state index in [9.17, 15) is 0 Å². The van der Waals surface area contributed by atoms with Crippen LogP contribution < -0.4 is 0 Å². The van der Waals surface area contributed by atoms with Gasteiger partial charge in [-0.05, 0) is 43.7 Å². The summed E-state index contributed by atoms with van der Waals surface area (Å²) < 4.78 is 0. The van der Waals surface area contributed by atoms with Gasteiger partial charge in [0.2, 0.25) is 0 Å². The molecule has 1 aliphatic carbocycles. The van der Waals surface area contributed by atoms with Crippen molar-refractivity contribution in [3.8, 4) is 0 Å². The molecule has 78 valence electrons. The van der Waals surface area contributed by atoms with Crippen LogP contribution in [0.4, 0.5) is 0 Å². The third-order valence-corrected chi connectivity index (χ3v) is 2.98. The molecule has 1 aromatic carbocycles. The molecule has 0 N–H and O–H groups in total. The first kappa shape index (κ1) is 11.3. The summed E-state index contributed by atoms with van der Waals surface area (Å²) in [5.74, 6) is 0.880. The minimum absolute atomic E-state index is 0.880. The van der Waals surface area contributed by atoms with Crippen LogP contribution in [0.25, 0.3) is 0 Å². The van der Waals surface area contributed by atoms with Gasteiger partial charge < -0.3 is 0 Å². The highest BCUT2D eigenvalue weighted by Gasteiger charge is 2.20. The molecule has 0 aliphatic heterocycles. The quantitative estimate of drug-likeness (QED) is 0.607. The Bertz CT molecular complexity index is 282. The summed E-state index contributed by atoms with van der Waals surface area (Å²) in [5.41, 5.74) is 4.48. The molecule has 1 aliphatic rings. The smallest absolute Gasteiger partial charge is 0.0159 e. The van der Waals surface area contributed by atoms with Crippen molar-refractivity contribution in [1.29, 1.82) is 0 Å². The monoisotopic (exact) mass is 190 g/mol. The van der Waals surface area contributed by atoms with Crippen LogP contribution in [0.15, 0.2) is 18.2 Å². The maximum Gasteiger partial charge on any atom is -0.0159 e. The van der Waals surface area contributed by atoms with E-state index in [1.807, 2.05) is 13.8 Å². The third kappa shape index (κ3) is 2.37. The summed E-state index contributed by atoms with van der Waals surface area (Å²) >= 11 is 0. The molecular formula is C14H22. The van der Waals surface area contributed by atoms with Gasteiger partial charge in [0.05, 0.1) is 0 Å². The maximum atomic E-state index is 2.36. The molecule has 14 heavy (non-hydrogen) atoms. The van der Waals surface area contributed by atoms with E-state index in [2.05, 4.69) is 32.0 Å². The first-order valence-corrected chi connectivity index (χ1v) is 5.84. The number of hydrogen-bond donors (Lipinski definition) is 0. The van der Waals surface area contributed by atoms with Crippen molar-refractivity contribution >= 4 is 0 Å². The summed E-state index contributed by atoms with van der Waals surface area (Å²) in [6, 6.07) is 6.82. The Labute approximate surface area is 88.4 Å². The highest BCUT2D eigenvalue weighted by molar-refractivity contribution is 5.34. The minimum Gasteiger partial charge on any atom is -0.0683 e. The van der Waals surface area contributed by atoms with Crippen molar-refractivity contribution < 1.29 is 0 Å². The SMILES string of the molecule is CC.Cc1ccc(C)c(C2CCC2)c1. The molecule has 0 radical (unpaired) electrons. The van der Waals surface area contributed by atoms with Crippen LogP contribution in [0.2, 0.25) is 0 Å². The summed E-state index contributed by atoms with van der Waals surface area (Å²) in [4.78, 5) is 0. The molecule has 1 fully saturated rings. The maximum absolute atomic E-state index is 2.36. The lowest BCUT2D eigenvalue weighted by molar-refractivity contribution is 0.418. The van der Waals surface area contributed by atoms with Crippen LogP contribution in [-0.2, 0) is 0 Å². The molecule has 0 unspecified atom stereocenters. The standard InChI is InChI=1S/C12H16.C2H6/c1-9-6-7-10(2)12(8-9)11-4-3-5-11;1-2/h6-8,11H,3-5H2,1-2H3;1-2H3. The predicted molar refractivity (Wildman–Crippen MR) is 63.9 cm³/mol. The fourth-order valence-electron chi connectivity index (χ4n) is 1.92. The van der Waals surface area contributed by atoms with E-state index in [0.29, 0.717) is 0 Å². The van der Waals surface area contributed by atoms with Crippen LogP contribution in [-0.4, -0.2) is 0 Å². The van der Waals surface area contributed by atoms with E-state index >= 15 is 0 Å². The van der Waals surface area contributed by atoms with Gasteiger partial charge >= 0.3 is 0 Å². The van der Waals surface area contributed by atoms with E-state index in [4.69, 9.17) is 0 Å². The molecule has 0 amide bonds. The van der Waals surface area contributed by atoms with Crippen LogP contribution in [0.5, 0.6) is 0 Å². The van der Waals surface area contributed by atoms with Crippen molar-refractivity contribution in [2.24, 2.45) is 0 Å². The number of rotatable bonds is 1. The molecular weight excluding hydrogens is 168 g/mol. The fraction of sp³-hybridized carbons (Fsp3) is 0.571. The van der Waals surface area contributed by atoms with Gasteiger partial charge in [0.25, 0.3) is 0 Å². The summed E-state index contributed by atoms with van der Waals surface area (Å²) in [6.45, 7) is 8.41. The topological polar surface area (TPSA) is 0 Å². The second kappa shape index (κ2) is 5.19. The van der Waals surface area contributed by atoms with Crippen LogP contribution in [0.1, 0.15) is 55.7 Å². The van der Waals surface area contributed by atoms with Crippen molar-refractivity contribution in [2.75, 3.05) is 0 Å². The zero-order chi connectivity index (χ0) is 10.6. The first-order chi connectivity index (χ1) is 6.77. The summed E-state index contributed by atoms with van der Waals surface area (Å²) in [7, 11) is 0. The zero-order valence-corrected chi connectivity index (χ0v) is 9.93. The predicted octanol–water partition coefficient (Wildman–Crippen LogP) is 4.60. The lowest BCUT2D eigenvalue weighted by Crippen LogP contribution is -2.10. The molecule has 0 atom stereocenters. The molecule has 0 saturated heterocycles. The molecule has 0 heteroatoms. The molecule has 2 rings (SSSR count). The second-order valence-corrected chi connectivity index (χ2v) is 3.99. The van der Waals surface area contributed by atoms with Gasteiger partial charge in [0.1, 0.15) is 0 Å². The van der Waals surface area contributed by atoms with E-state index in [0.717, 1.165) is 5.92 Å². The van der Waals surface area contributed by atoms with Gasteiger partial charge in [0.15, 0.2) is 0 Å². The Balaban J connectivity index is 0.000000461. The first-order valence-electron chi connectivity index (χ1n) is 5.84. The van der Waals surface area contributed by atoms with Gasteiger partial charge in [0, 0.05) is 0 Å². The van der Waals surface area contributed by atoms with Crippen LogP contribution in [0, 0.1) is 13.8 Å². The molecule has 1 aromatic rings. The lowest BCUT2D eigenvalue weighted by Gasteiger charge is -2.27. The van der Waals surface area contributed by atoms with Crippen molar-refractivity contribution in [3.63, 3.8) is 0 Å². The Hall–Kier alpha value is -0.780. The summed E-state index contributed by atoms with van der Waals surface area (Å²) in [5, 5.41) is 0. The van der Waals surface area contributed by atoms with Crippen LogP contribution in [0.3, 0.4) is 0 Å². The molecule has 0 spiro atoms. The van der Waals surface area contributed by atoms with E-state index in [1.165, 1.54) is 30.4 Å². The van der Waals surface area contributed by atoms with Gasteiger partial charge in [-0.2, -0.15) is 0 Å². The molecule has 0 nitrogen and oxygen atoms in total. The number of aryl methyl sites for hydroxylation is 2. The van der Waals surface area contributed by atoms with Crippen LogP contribution >= 0.6 is 0 Å². The highest BCUT2D eigenvalue weighted by Crippen LogP contribution is 2.37. The van der Waals surface area contributed by atoms with Crippen molar-refractivity contribution in [2.45, 2.75) is 52.9 Å². The normalized spacial score (nSPS) is 15.4. The van der Waals surface area contributed by atoms with E-state index in [1.54, 1.807) is 5.56 Å². The largest absolute Gasteiger partial charge is 0.0683 e. The minimum atomic E-state index is 0.880. The number of hydrogen-bond acceptors (Lipinski definition) is 0. The van der Waals surface area contributed by atoms with Gasteiger partial charge in [-0.25, -0.2) is 0 Å². The van der Waals surface area contributed by atoms with Gasteiger partial charge in [-0.1, -0.05) is 44.0 Å². The highest BCUT2D eigenvalue weighted by atomic mass is 14.3. The second-order valence-electron chi connectivity index (χ2n) is 3.99. The average molecular weight is 190 g/mol. The summed E-state index contributed by atoms with van der Waals surface area (Å²) in [6.07, 6.45) is 4.24. The van der Waals surface area contributed by atoms with Gasteiger partial charge in [-0.15, -0.1) is 0 Å². The molecule has 1 saturated carbocycles. The van der Waals surface area contributed by atoms with Gasteiger partial charge in [-0.3, -0.25) is 0 Å². The molecule has 0 aromatic heterocycles. The molecule has 0 bridgehead atoms. The average Bonchev–Trinajstić information content (AvgIpc) is 2.12. The lowest BCUT2D eigenvalue weighted by atomic mass is 9.78. The van der Waals surface area contributed by atoms with Crippen molar-refractivity contribution in [1.82, 2.24) is 0 Å². The Morgan fingerprint density at radius 2 is 1.71 bits per heavy atom. The van der Waals surface area contributed by atoms with Crippen molar-refractivity contribution in [3.05, 3.63) is 34.9 Å². The third-order valence-electron chi connectivity index (χ3n) is 2.98. The Morgan fingerprint density at radius 1 is 1.07 bits per heavy atom. The van der Waals surface area contributed by atoms with E-state index in [-0.39, 0.29) is 0 Å². The zero-order valence-electron chi connectivity index (χ0n) is 9.93. The fourth-order valence-corrected chi connectivity index (χ4v) is 1.92. The molecule has 0 heterocycles.